The zero-order chi connectivity index (χ0) is 14.6. The van der Waals surface area contributed by atoms with Crippen LogP contribution in [0.25, 0.3) is 0 Å². The summed E-state index contributed by atoms with van der Waals surface area (Å²) < 4.78 is 14.0. The molecule has 20 heavy (non-hydrogen) atoms. The Balaban J connectivity index is 2.19. The van der Waals surface area contributed by atoms with Crippen molar-refractivity contribution in [3.05, 3.63) is 34.6 Å². The summed E-state index contributed by atoms with van der Waals surface area (Å²) in [7, 11) is 0. The zero-order valence-corrected chi connectivity index (χ0v) is 13.3. The molecule has 0 saturated heterocycles. The number of rotatable bonds is 6. The van der Waals surface area contributed by atoms with Crippen molar-refractivity contribution in [1.82, 2.24) is 5.32 Å². The SMILES string of the molecule is CCCNC(Cc1c(F)cccc1Cl)C1(C)CCCC1. The monoisotopic (exact) mass is 297 g/mol. The van der Waals surface area contributed by atoms with Crippen molar-refractivity contribution >= 4 is 11.6 Å². The highest BCUT2D eigenvalue weighted by atomic mass is 35.5. The van der Waals surface area contributed by atoms with Gasteiger partial charge in [-0.05, 0) is 49.8 Å². The Morgan fingerprint density at radius 3 is 2.65 bits per heavy atom. The van der Waals surface area contributed by atoms with E-state index in [1.807, 2.05) is 0 Å². The first-order chi connectivity index (χ1) is 9.57. The maximum Gasteiger partial charge on any atom is 0.127 e. The number of benzene rings is 1. The second kappa shape index (κ2) is 6.91. The van der Waals surface area contributed by atoms with Crippen LogP contribution >= 0.6 is 11.6 Å². The minimum atomic E-state index is -0.178. The van der Waals surface area contributed by atoms with Crippen LogP contribution in [0, 0.1) is 11.2 Å². The summed E-state index contributed by atoms with van der Waals surface area (Å²) in [6, 6.07) is 5.27. The van der Waals surface area contributed by atoms with Crippen LogP contribution < -0.4 is 5.32 Å². The molecule has 1 atom stereocenters. The van der Waals surface area contributed by atoms with Gasteiger partial charge in [0.15, 0.2) is 0 Å². The average Bonchev–Trinajstić information content (AvgIpc) is 2.85. The quantitative estimate of drug-likeness (QED) is 0.781. The summed E-state index contributed by atoms with van der Waals surface area (Å²) in [5, 5.41) is 4.18. The summed E-state index contributed by atoms with van der Waals surface area (Å²) >= 11 is 6.19. The molecule has 1 fully saturated rings. The lowest BCUT2D eigenvalue weighted by Gasteiger charge is -2.35. The van der Waals surface area contributed by atoms with Gasteiger partial charge in [0.1, 0.15) is 5.82 Å². The number of halogens is 2. The van der Waals surface area contributed by atoms with Crippen molar-refractivity contribution in [1.29, 1.82) is 0 Å². The molecule has 0 amide bonds. The second-order valence-corrected chi connectivity index (χ2v) is 6.68. The summed E-state index contributed by atoms with van der Waals surface area (Å²) in [4.78, 5) is 0. The molecule has 1 N–H and O–H groups in total. The van der Waals surface area contributed by atoms with Crippen molar-refractivity contribution in [3.8, 4) is 0 Å². The Kier molecular flexibility index (Phi) is 5.45. The average molecular weight is 298 g/mol. The van der Waals surface area contributed by atoms with Crippen LogP contribution in [-0.4, -0.2) is 12.6 Å². The van der Waals surface area contributed by atoms with Crippen LogP contribution in [0.3, 0.4) is 0 Å². The largest absolute Gasteiger partial charge is 0.313 e. The molecule has 0 heterocycles. The maximum absolute atomic E-state index is 14.0. The molecule has 0 spiro atoms. The third-order valence-corrected chi connectivity index (χ3v) is 5.05. The minimum Gasteiger partial charge on any atom is -0.313 e. The van der Waals surface area contributed by atoms with E-state index in [0.717, 1.165) is 13.0 Å². The molecule has 0 radical (unpaired) electrons. The molecule has 0 aromatic heterocycles. The van der Waals surface area contributed by atoms with Crippen molar-refractivity contribution in [2.75, 3.05) is 6.54 Å². The first-order valence-electron chi connectivity index (χ1n) is 7.73. The fraction of sp³-hybridized carbons (Fsp3) is 0.647. The van der Waals surface area contributed by atoms with Gasteiger partial charge in [0, 0.05) is 16.6 Å². The predicted molar refractivity (Wildman–Crippen MR) is 83.8 cm³/mol. The van der Waals surface area contributed by atoms with Crippen molar-refractivity contribution < 1.29 is 4.39 Å². The first-order valence-corrected chi connectivity index (χ1v) is 8.11. The van der Waals surface area contributed by atoms with Gasteiger partial charge in [0.25, 0.3) is 0 Å². The summed E-state index contributed by atoms with van der Waals surface area (Å²) in [6.45, 7) is 5.48. The highest BCUT2D eigenvalue weighted by Crippen LogP contribution is 2.42. The van der Waals surface area contributed by atoms with Crippen molar-refractivity contribution in [3.63, 3.8) is 0 Å². The Labute approximate surface area is 126 Å². The fourth-order valence-electron chi connectivity index (χ4n) is 3.35. The number of hydrogen-bond acceptors (Lipinski definition) is 1. The van der Waals surface area contributed by atoms with E-state index in [-0.39, 0.29) is 11.2 Å². The van der Waals surface area contributed by atoms with Crippen molar-refractivity contribution in [2.24, 2.45) is 5.41 Å². The van der Waals surface area contributed by atoms with E-state index in [2.05, 4.69) is 19.2 Å². The maximum atomic E-state index is 14.0. The molecular formula is C17H25ClFN. The van der Waals surface area contributed by atoms with Gasteiger partial charge in [-0.15, -0.1) is 0 Å². The van der Waals surface area contributed by atoms with E-state index < -0.39 is 0 Å². The van der Waals surface area contributed by atoms with Crippen LogP contribution in [0.4, 0.5) is 4.39 Å². The smallest absolute Gasteiger partial charge is 0.127 e. The molecule has 0 bridgehead atoms. The first kappa shape index (κ1) is 15.8. The zero-order valence-electron chi connectivity index (χ0n) is 12.5. The molecular weight excluding hydrogens is 273 g/mol. The number of nitrogens with one attached hydrogen (secondary N) is 1. The molecule has 112 valence electrons. The van der Waals surface area contributed by atoms with Crippen LogP contribution in [0.1, 0.15) is 51.5 Å². The standard InChI is InChI=1S/C17H25ClFN/c1-3-11-20-16(17(2)9-4-5-10-17)12-13-14(18)7-6-8-15(13)19/h6-8,16,20H,3-5,9-12H2,1-2H3. The molecule has 1 unspecified atom stereocenters. The van der Waals surface area contributed by atoms with Gasteiger partial charge >= 0.3 is 0 Å². The van der Waals surface area contributed by atoms with Gasteiger partial charge in [0.05, 0.1) is 0 Å². The van der Waals surface area contributed by atoms with E-state index in [1.54, 1.807) is 12.1 Å². The van der Waals surface area contributed by atoms with E-state index in [0.29, 0.717) is 23.0 Å². The normalized spacial score (nSPS) is 19.2. The Bertz CT molecular complexity index is 420. The number of hydrogen-bond donors (Lipinski definition) is 1. The highest BCUT2D eigenvalue weighted by molar-refractivity contribution is 6.31. The molecule has 1 aromatic rings. The molecule has 1 aliphatic carbocycles. The van der Waals surface area contributed by atoms with Gasteiger partial charge in [-0.3, -0.25) is 0 Å². The predicted octanol–water partition coefficient (Wildman–Crippen LogP) is 4.97. The molecule has 1 saturated carbocycles. The molecule has 1 aliphatic rings. The summed E-state index contributed by atoms with van der Waals surface area (Å²) in [5.41, 5.74) is 0.928. The Morgan fingerprint density at radius 2 is 2.05 bits per heavy atom. The van der Waals surface area contributed by atoms with E-state index in [9.17, 15) is 4.39 Å². The minimum absolute atomic E-state index is 0.178. The lowest BCUT2D eigenvalue weighted by atomic mass is 9.77. The van der Waals surface area contributed by atoms with Gasteiger partial charge in [-0.1, -0.05) is 44.4 Å². The lowest BCUT2D eigenvalue weighted by Crippen LogP contribution is -2.44. The third-order valence-electron chi connectivity index (χ3n) is 4.70. The molecule has 0 aliphatic heterocycles. The second-order valence-electron chi connectivity index (χ2n) is 6.27. The van der Waals surface area contributed by atoms with Crippen LogP contribution in [0.2, 0.25) is 5.02 Å². The summed E-state index contributed by atoms with van der Waals surface area (Å²) in [5.74, 6) is -0.178. The Hall–Kier alpha value is -0.600. The van der Waals surface area contributed by atoms with E-state index >= 15 is 0 Å². The van der Waals surface area contributed by atoms with Gasteiger partial charge in [-0.25, -0.2) is 4.39 Å². The Morgan fingerprint density at radius 1 is 1.35 bits per heavy atom. The van der Waals surface area contributed by atoms with Crippen LogP contribution in [-0.2, 0) is 6.42 Å². The topological polar surface area (TPSA) is 12.0 Å². The highest BCUT2D eigenvalue weighted by Gasteiger charge is 2.37. The molecule has 2 rings (SSSR count). The third kappa shape index (κ3) is 3.53. The van der Waals surface area contributed by atoms with E-state index in [1.165, 1.54) is 31.7 Å². The van der Waals surface area contributed by atoms with Crippen LogP contribution in [0.15, 0.2) is 18.2 Å². The van der Waals surface area contributed by atoms with Gasteiger partial charge in [0.2, 0.25) is 0 Å². The van der Waals surface area contributed by atoms with Crippen molar-refractivity contribution in [2.45, 2.75) is 58.4 Å². The van der Waals surface area contributed by atoms with Gasteiger partial charge in [-0.2, -0.15) is 0 Å². The molecule has 1 aromatic carbocycles. The van der Waals surface area contributed by atoms with E-state index in [4.69, 9.17) is 11.6 Å². The lowest BCUT2D eigenvalue weighted by molar-refractivity contribution is 0.218. The summed E-state index contributed by atoms with van der Waals surface area (Å²) in [6.07, 6.45) is 6.79. The van der Waals surface area contributed by atoms with Crippen LogP contribution in [0.5, 0.6) is 0 Å². The molecule has 3 heteroatoms. The fourth-order valence-corrected chi connectivity index (χ4v) is 3.59. The molecule has 1 nitrogen and oxygen atoms in total. The van der Waals surface area contributed by atoms with Gasteiger partial charge < -0.3 is 5.32 Å².